The summed E-state index contributed by atoms with van der Waals surface area (Å²) in [5, 5.41) is 7.13. The van der Waals surface area contributed by atoms with E-state index in [4.69, 9.17) is 11.2 Å². The summed E-state index contributed by atoms with van der Waals surface area (Å²) >= 11 is 0. The number of urea groups is 1. The number of likely N-dealkylation sites (tertiary alicyclic amines) is 1. The largest absolute Gasteiger partial charge is 0.481 e. The fraction of sp³-hybridized carbons (Fsp3) is 0.368. The molecule has 1 aromatic heterocycles. The van der Waals surface area contributed by atoms with E-state index in [1.165, 1.54) is 5.56 Å². The Bertz CT molecular complexity index is 760. The number of carbonyl (C=O) groups is 1. The van der Waals surface area contributed by atoms with Gasteiger partial charge in [0.25, 0.3) is 0 Å². The summed E-state index contributed by atoms with van der Waals surface area (Å²) in [7, 11) is 1.92. The van der Waals surface area contributed by atoms with Gasteiger partial charge in [-0.15, -0.1) is 6.42 Å². The van der Waals surface area contributed by atoms with Gasteiger partial charge in [0.2, 0.25) is 0 Å². The molecule has 3 rings (SSSR count). The van der Waals surface area contributed by atoms with Crippen LogP contribution in [0.25, 0.3) is 0 Å². The first kappa shape index (κ1) is 16.9. The van der Waals surface area contributed by atoms with Crippen LogP contribution >= 0.6 is 0 Å². The van der Waals surface area contributed by atoms with E-state index in [1.54, 1.807) is 12.1 Å². The number of carbonyl (C=O) groups excluding carboxylic acids is 1. The second kappa shape index (κ2) is 7.75. The molecule has 6 heteroatoms. The van der Waals surface area contributed by atoms with Crippen LogP contribution < -0.4 is 10.1 Å². The molecule has 0 unspecified atom stereocenters. The van der Waals surface area contributed by atoms with Crippen molar-refractivity contribution in [2.75, 3.05) is 25.0 Å². The lowest BCUT2D eigenvalue weighted by Gasteiger charge is -2.17. The van der Waals surface area contributed by atoms with Crippen LogP contribution in [0, 0.1) is 18.3 Å². The molecule has 0 saturated carbocycles. The first-order chi connectivity index (χ1) is 12.1. The molecule has 2 heterocycles. The van der Waals surface area contributed by atoms with Crippen LogP contribution in [0.1, 0.15) is 12.0 Å². The summed E-state index contributed by atoms with van der Waals surface area (Å²) in [6.07, 6.45) is 11.1. The van der Waals surface area contributed by atoms with Crippen molar-refractivity contribution < 1.29 is 9.53 Å². The zero-order chi connectivity index (χ0) is 17.6. The van der Waals surface area contributed by atoms with E-state index >= 15 is 0 Å². The smallest absolute Gasteiger partial charge is 0.321 e. The molecule has 1 atom stereocenters. The molecule has 1 aliphatic heterocycles. The molecule has 0 spiro atoms. The molecule has 6 nitrogen and oxygen atoms in total. The molecule has 1 fully saturated rings. The van der Waals surface area contributed by atoms with Gasteiger partial charge < -0.3 is 15.0 Å². The summed E-state index contributed by atoms with van der Waals surface area (Å²) in [5.74, 6) is 3.59. The third kappa shape index (κ3) is 4.54. The predicted octanol–water partition coefficient (Wildman–Crippen LogP) is 2.53. The van der Waals surface area contributed by atoms with Gasteiger partial charge >= 0.3 is 6.03 Å². The van der Waals surface area contributed by atoms with E-state index < -0.39 is 0 Å². The number of terminal acetylenes is 1. The average Bonchev–Trinajstić information content (AvgIpc) is 3.24. The van der Waals surface area contributed by atoms with Gasteiger partial charge in [0, 0.05) is 32.0 Å². The van der Waals surface area contributed by atoms with Crippen molar-refractivity contribution in [2.24, 2.45) is 13.0 Å². The highest BCUT2D eigenvalue weighted by atomic mass is 16.5. The third-order valence-corrected chi connectivity index (χ3v) is 4.28. The van der Waals surface area contributed by atoms with E-state index in [1.807, 2.05) is 41.2 Å². The monoisotopic (exact) mass is 338 g/mol. The highest BCUT2D eigenvalue weighted by molar-refractivity contribution is 5.89. The summed E-state index contributed by atoms with van der Waals surface area (Å²) < 4.78 is 7.13. The van der Waals surface area contributed by atoms with Crippen LogP contribution in [0.5, 0.6) is 5.75 Å². The Morgan fingerprint density at radius 1 is 1.44 bits per heavy atom. The summed E-state index contributed by atoms with van der Waals surface area (Å²) in [4.78, 5) is 14.3. The van der Waals surface area contributed by atoms with Crippen molar-refractivity contribution >= 4 is 11.7 Å². The topological polar surface area (TPSA) is 59.4 Å². The van der Waals surface area contributed by atoms with Gasteiger partial charge in [0.15, 0.2) is 0 Å². The maximum Gasteiger partial charge on any atom is 0.321 e. The maximum absolute atomic E-state index is 12.4. The number of hydrogen-bond donors (Lipinski definition) is 1. The number of ether oxygens (including phenoxy) is 1. The molecule has 1 N–H and O–H groups in total. The Hall–Kier alpha value is -2.94. The number of benzene rings is 1. The minimum atomic E-state index is -0.0639. The van der Waals surface area contributed by atoms with Gasteiger partial charge in [-0.25, -0.2) is 4.79 Å². The lowest BCUT2D eigenvalue weighted by molar-refractivity contribution is 0.221. The predicted molar refractivity (Wildman–Crippen MR) is 96.4 cm³/mol. The minimum Gasteiger partial charge on any atom is -0.481 e. The SMILES string of the molecule is C#CCOc1ccc(NC(=O)N2CC[C@@H](Cc3cnn(C)c3)C2)cc1. The van der Waals surface area contributed by atoms with Gasteiger partial charge in [-0.3, -0.25) is 4.68 Å². The number of nitrogens with zero attached hydrogens (tertiary/aromatic N) is 3. The highest BCUT2D eigenvalue weighted by Crippen LogP contribution is 2.22. The normalized spacial score (nSPS) is 16.5. The van der Waals surface area contributed by atoms with Crippen molar-refractivity contribution in [3.63, 3.8) is 0 Å². The van der Waals surface area contributed by atoms with E-state index in [0.29, 0.717) is 11.7 Å². The second-order valence-corrected chi connectivity index (χ2v) is 6.27. The van der Waals surface area contributed by atoms with Crippen LogP contribution in [-0.2, 0) is 13.5 Å². The molecule has 25 heavy (non-hydrogen) atoms. The number of amides is 2. The quantitative estimate of drug-likeness (QED) is 0.852. The molecule has 1 aliphatic rings. The minimum absolute atomic E-state index is 0.0639. The Kier molecular flexibility index (Phi) is 5.24. The van der Waals surface area contributed by atoms with Gasteiger partial charge in [-0.2, -0.15) is 5.10 Å². The number of anilines is 1. The Morgan fingerprint density at radius 3 is 2.92 bits per heavy atom. The fourth-order valence-corrected chi connectivity index (χ4v) is 3.06. The zero-order valence-electron chi connectivity index (χ0n) is 14.3. The van der Waals surface area contributed by atoms with Crippen LogP contribution in [0.15, 0.2) is 36.7 Å². The number of rotatable bonds is 5. The number of aryl methyl sites for hydroxylation is 1. The van der Waals surface area contributed by atoms with Gasteiger partial charge in [0.1, 0.15) is 12.4 Å². The van der Waals surface area contributed by atoms with Crippen molar-refractivity contribution in [1.29, 1.82) is 0 Å². The molecule has 0 bridgehead atoms. The van der Waals surface area contributed by atoms with E-state index in [0.717, 1.165) is 31.6 Å². The highest BCUT2D eigenvalue weighted by Gasteiger charge is 2.26. The Balaban J connectivity index is 1.49. The van der Waals surface area contributed by atoms with Gasteiger partial charge in [-0.05, 0) is 48.6 Å². The number of nitrogens with one attached hydrogen (secondary N) is 1. The molecular formula is C19H22N4O2. The standard InChI is InChI=1S/C19H22N4O2/c1-3-10-25-18-6-4-17(5-7-18)21-19(24)23-9-8-15(14-23)11-16-12-20-22(2)13-16/h1,4-7,12-13,15H,8-11,14H2,2H3,(H,21,24)/t15-/m0/s1. The second-order valence-electron chi connectivity index (χ2n) is 6.27. The Labute approximate surface area is 147 Å². The van der Waals surface area contributed by atoms with Gasteiger partial charge in [0.05, 0.1) is 6.20 Å². The summed E-state index contributed by atoms with van der Waals surface area (Å²) in [5.41, 5.74) is 1.96. The maximum atomic E-state index is 12.4. The van der Waals surface area contributed by atoms with Crippen molar-refractivity contribution in [1.82, 2.24) is 14.7 Å². The first-order valence-corrected chi connectivity index (χ1v) is 8.34. The van der Waals surface area contributed by atoms with E-state index in [2.05, 4.69) is 16.3 Å². The first-order valence-electron chi connectivity index (χ1n) is 8.34. The number of hydrogen-bond acceptors (Lipinski definition) is 3. The molecule has 0 radical (unpaired) electrons. The van der Waals surface area contributed by atoms with Crippen molar-refractivity contribution in [3.8, 4) is 18.1 Å². The van der Waals surface area contributed by atoms with Crippen LogP contribution in [-0.4, -0.2) is 40.4 Å². The molecule has 1 aromatic carbocycles. The Morgan fingerprint density at radius 2 is 2.24 bits per heavy atom. The lowest BCUT2D eigenvalue weighted by atomic mass is 10.0. The molecule has 130 valence electrons. The van der Waals surface area contributed by atoms with E-state index in [9.17, 15) is 4.79 Å². The molecule has 2 aromatic rings. The van der Waals surface area contributed by atoms with Crippen molar-refractivity contribution in [2.45, 2.75) is 12.8 Å². The van der Waals surface area contributed by atoms with Crippen LogP contribution in [0.3, 0.4) is 0 Å². The van der Waals surface area contributed by atoms with Crippen LogP contribution in [0.4, 0.5) is 10.5 Å². The number of aromatic nitrogens is 2. The lowest BCUT2D eigenvalue weighted by Crippen LogP contribution is -2.33. The van der Waals surface area contributed by atoms with E-state index in [-0.39, 0.29) is 12.6 Å². The average molecular weight is 338 g/mol. The fourth-order valence-electron chi connectivity index (χ4n) is 3.06. The third-order valence-electron chi connectivity index (χ3n) is 4.28. The molecule has 0 aliphatic carbocycles. The molecular weight excluding hydrogens is 316 g/mol. The zero-order valence-corrected chi connectivity index (χ0v) is 14.3. The van der Waals surface area contributed by atoms with Gasteiger partial charge in [-0.1, -0.05) is 5.92 Å². The molecule has 1 saturated heterocycles. The molecule has 2 amide bonds. The van der Waals surface area contributed by atoms with Crippen molar-refractivity contribution in [3.05, 3.63) is 42.2 Å². The van der Waals surface area contributed by atoms with Crippen LogP contribution in [0.2, 0.25) is 0 Å². The summed E-state index contributed by atoms with van der Waals surface area (Å²) in [6.45, 7) is 1.78. The summed E-state index contributed by atoms with van der Waals surface area (Å²) in [6, 6.07) is 7.15.